The van der Waals surface area contributed by atoms with Gasteiger partial charge in [-0.3, -0.25) is 29.1 Å². The third-order valence-electron chi connectivity index (χ3n) is 5.15. The molecule has 2 rings (SSSR count). The summed E-state index contributed by atoms with van der Waals surface area (Å²) in [6.45, 7) is 0.836. The molecule has 1 aromatic carbocycles. The summed E-state index contributed by atoms with van der Waals surface area (Å²) in [5.41, 5.74) is 0.930. The number of aliphatic carboxylic acids is 3. The van der Waals surface area contributed by atoms with E-state index in [4.69, 9.17) is 10.2 Å². The van der Waals surface area contributed by atoms with E-state index < -0.39 is 23.9 Å². The van der Waals surface area contributed by atoms with Crippen LogP contribution in [-0.4, -0.2) is 117 Å². The van der Waals surface area contributed by atoms with E-state index in [1.165, 1.54) is 12.1 Å². The molecule has 1 atom stereocenters. The van der Waals surface area contributed by atoms with Crippen LogP contribution in [0, 0.1) is 0 Å². The Labute approximate surface area is 179 Å². The Balaban J connectivity index is 2.28. The van der Waals surface area contributed by atoms with Crippen LogP contribution in [0.5, 0.6) is 0 Å². The second-order valence-electron chi connectivity index (χ2n) is 7.52. The Morgan fingerprint density at radius 3 is 1.81 bits per heavy atom. The van der Waals surface area contributed by atoms with Crippen molar-refractivity contribution in [2.75, 3.05) is 52.4 Å². The lowest BCUT2D eigenvalue weighted by atomic mass is 10.0. The van der Waals surface area contributed by atoms with Gasteiger partial charge in [0.15, 0.2) is 0 Å². The van der Waals surface area contributed by atoms with Crippen LogP contribution in [0.4, 0.5) is 0 Å². The first-order valence-corrected chi connectivity index (χ1v) is 9.80. The van der Waals surface area contributed by atoms with E-state index in [1.54, 1.807) is 26.8 Å². The van der Waals surface area contributed by atoms with E-state index >= 15 is 0 Å². The number of aromatic carboxylic acids is 1. The van der Waals surface area contributed by atoms with Crippen molar-refractivity contribution in [1.82, 2.24) is 14.7 Å². The van der Waals surface area contributed by atoms with Crippen LogP contribution in [0.3, 0.4) is 0 Å². The van der Waals surface area contributed by atoms with Gasteiger partial charge in [-0.05, 0) is 24.1 Å². The fourth-order valence-electron chi connectivity index (χ4n) is 3.67. The number of nitrogens with zero attached hydrogens (tertiary/aromatic N) is 3. The van der Waals surface area contributed by atoms with Gasteiger partial charge in [0.2, 0.25) is 0 Å². The molecule has 0 spiro atoms. The number of hydrogen-bond acceptors (Lipinski definition) is 7. The maximum atomic E-state index is 11.5. The smallest absolute Gasteiger partial charge is 0.335 e. The van der Waals surface area contributed by atoms with Gasteiger partial charge in [-0.15, -0.1) is 0 Å². The Kier molecular flexibility index (Phi) is 8.91. The molecule has 0 aliphatic carbocycles. The Morgan fingerprint density at radius 2 is 1.26 bits per heavy atom. The van der Waals surface area contributed by atoms with Crippen molar-refractivity contribution in [2.45, 2.75) is 12.5 Å². The zero-order chi connectivity index (χ0) is 23.0. The van der Waals surface area contributed by atoms with Crippen LogP contribution in [0.15, 0.2) is 24.3 Å². The summed E-state index contributed by atoms with van der Waals surface area (Å²) in [7, 11) is 0. The van der Waals surface area contributed by atoms with Gasteiger partial charge in [0, 0.05) is 38.8 Å². The van der Waals surface area contributed by atoms with Gasteiger partial charge < -0.3 is 20.4 Å². The summed E-state index contributed by atoms with van der Waals surface area (Å²) < 4.78 is 0. The van der Waals surface area contributed by atoms with Crippen LogP contribution in [0.2, 0.25) is 0 Å². The summed E-state index contributed by atoms with van der Waals surface area (Å²) >= 11 is 0. The molecule has 0 radical (unpaired) electrons. The second-order valence-corrected chi connectivity index (χ2v) is 7.52. The number of rotatable bonds is 9. The summed E-state index contributed by atoms with van der Waals surface area (Å²) in [5.74, 6) is -4.13. The summed E-state index contributed by atoms with van der Waals surface area (Å²) in [5, 5.41) is 36.8. The largest absolute Gasteiger partial charge is 0.480 e. The fraction of sp³-hybridized carbons (Fsp3) is 0.500. The predicted octanol–water partition coefficient (Wildman–Crippen LogP) is -0.531. The van der Waals surface area contributed by atoms with Crippen molar-refractivity contribution < 1.29 is 39.6 Å². The van der Waals surface area contributed by atoms with Crippen LogP contribution < -0.4 is 0 Å². The maximum absolute atomic E-state index is 11.5. The highest BCUT2D eigenvalue weighted by molar-refractivity contribution is 5.87. The summed E-state index contributed by atoms with van der Waals surface area (Å²) in [6.07, 6.45) is 0.391. The monoisotopic (exact) mass is 437 g/mol. The van der Waals surface area contributed by atoms with E-state index in [2.05, 4.69) is 0 Å². The second kappa shape index (κ2) is 11.4. The highest BCUT2D eigenvalue weighted by Gasteiger charge is 2.27. The molecule has 1 aliphatic heterocycles. The van der Waals surface area contributed by atoms with Gasteiger partial charge in [0.1, 0.15) is 0 Å². The zero-order valence-electron chi connectivity index (χ0n) is 17.0. The highest BCUT2D eigenvalue weighted by atomic mass is 16.4. The molecule has 4 N–H and O–H groups in total. The molecule has 11 heteroatoms. The SMILES string of the molecule is O=C(O)CN1CCN(CC(=O)O)CC(Cc2ccc(C(=O)O)cc2)N(CC(=O)O)CC1. The molecule has 31 heavy (non-hydrogen) atoms. The van der Waals surface area contributed by atoms with E-state index in [1.807, 2.05) is 0 Å². The first-order valence-electron chi connectivity index (χ1n) is 9.80. The topological polar surface area (TPSA) is 159 Å². The number of carboxylic acid groups (broad SMARTS) is 4. The molecule has 1 unspecified atom stereocenters. The normalized spacial score (nSPS) is 19.2. The van der Waals surface area contributed by atoms with Crippen LogP contribution in [0.25, 0.3) is 0 Å². The molecule has 0 saturated carbocycles. The maximum Gasteiger partial charge on any atom is 0.335 e. The molecule has 1 heterocycles. The predicted molar refractivity (Wildman–Crippen MR) is 108 cm³/mol. The third kappa shape index (κ3) is 8.32. The Hall–Kier alpha value is -3.02. The lowest BCUT2D eigenvalue weighted by Gasteiger charge is -2.33. The molecule has 0 amide bonds. The molecule has 170 valence electrons. The first-order chi connectivity index (χ1) is 14.6. The summed E-state index contributed by atoms with van der Waals surface area (Å²) in [4.78, 5) is 50.1. The van der Waals surface area contributed by atoms with Crippen molar-refractivity contribution in [3.63, 3.8) is 0 Å². The Bertz CT molecular complexity index is 798. The zero-order valence-corrected chi connectivity index (χ0v) is 17.0. The van der Waals surface area contributed by atoms with Crippen molar-refractivity contribution >= 4 is 23.9 Å². The standard InChI is InChI=1S/C20H27N3O8/c24-17(25)11-21-5-6-22(12-18(26)27)10-16(23(8-7-21)13-19(28)29)9-14-1-3-15(4-2-14)20(30)31/h1-4,16H,5-13H2,(H,24,25)(H,26,27)(H,28,29)(H,30,31). The number of carboxylic acids is 4. The molecule has 1 fully saturated rings. The quantitative estimate of drug-likeness (QED) is 0.393. The molecule has 0 aromatic heterocycles. The highest BCUT2D eigenvalue weighted by Crippen LogP contribution is 2.14. The molecular formula is C20H27N3O8. The van der Waals surface area contributed by atoms with E-state index in [9.17, 15) is 29.4 Å². The number of carbonyl (C=O) groups is 4. The molecule has 0 bridgehead atoms. The number of benzene rings is 1. The number of hydrogen-bond donors (Lipinski definition) is 4. The van der Waals surface area contributed by atoms with Gasteiger partial charge in [-0.1, -0.05) is 12.1 Å². The molecule has 1 saturated heterocycles. The van der Waals surface area contributed by atoms with Crippen molar-refractivity contribution in [3.8, 4) is 0 Å². The van der Waals surface area contributed by atoms with Crippen LogP contribution >= 0.6 is 0 Å². The minimum atomic E-state index is -1.05. The van der Waals surface area contributed by atoms with Gasteiger partial charge in [0.25, 0.3) is 0 Å². The minimum Gasteiger partial charge on any atom is -0.480 e. The van der Waals surface area contributed by atoms with Crippen molar-refractivity contribution in [1.29, 1.82) is 0 Å². The molecular weight excluding hydrogens is 410 g/mol. The van der Waals surface area contributed by atoms with Crippen molar-refractivity contribution in [3.05, 3.63) is 35.4 Å². The van der Waals surface area contributed by atoms with Crippen LogP contribution in [0.1, 0.15) is 15.9 Å². The van der Waals surface area contributed by atoms with Crippen LogP contribution in [-0.2, 0) is 20.8 Å². The molecule has 11 nitrogen and oxygen atoms in total. The van der Waals surface area contributed by atoms with E-state index in [0.717, 1.165) is 5.56 Å². The lowest BCUT2D eigenvalue weighted by Crippen LogP contribution is -2.49. The lowest BCUT2D eigenvalue weighted by molar-refractivity contribution is -0.140. The molecule has 1 aliphatic rings. The fourth-order valence-corrected chi connectivity index (χ4v) is 3.67. The van der Waals surface area contributed by atoms with E-state index in [-0.39, 0.29) is 37.8 Å². The first kappa shape index (κ1) is 24.3. The van der Waals surface area contributed by atoms with Crippen molar-refractivity contribution in [2.24, 2.45) is 0 Å². The van der Waals surface area contributed by atoms with Gasteiger partial charge in [-0.25, -0.2) is 4.79 Å². The molecule has 1 aromatic rings. The van der Waals surface area contributed by atoms with Gasteiger partial charge >= 0.3 is 23.9 Å². The minimum absolute atomic E-state index is 0.137. The average Bonchev–Trinajstić information content (AvgIpc) is 2.73. The van der Waals surface area contributed by atoms with Gasteiger partial charge in [0.05, 0.1) is 25.2 Å². The van der Waals surface area contributed by atoms with E-state index in [0.29, 0.717) is 32.6 Å². The Morgan fingerprint density at radius 1 is 0.742 bits per heavy atom. The summed E-state index contributed by atoms with van der Waals surface area (Å²) in [6, 6.07) is 5.91. The third-order valence-corrected chi connectivity index (χ3v) is 5.15. The average molecular weight is 437 g/mol. The van der Waals surface area contributed by atoms with Gasteiger partial charge in [-0.2, -0.15) is 0 Å².